The highest BCUT2D eigenvalue weighted by atomic mass is 35.5. The molecule has 5 nitrogen and oxygen atoms in total. The molecule has 2 aliphatic rings. The van der Waals surface area contributed by atoms with Gasteiger partial charge in [0, 0.05) is 18.8 Å². The van der Waals surface area contributed by atoms with Crippen LogP contribution in [0.15, 0.2) is 18.2 Å². The molecule has 23 heavy (non-hydrogen) atoms. The molecule has 2 atom stereocenters. The van der Waals surface area contributed by atoms with Gasteiger partial charge in [-0.05, 0) is 44.0 Å². The second-order valence-electron chi connectivity index (χ2n) is 6.07. The molecule has 1 aromatic carbocycles. The predicted octanol–water partition coefficient (Wildman–Crippen LogP) is 2.38. The molecular weight excluding hydrogens is 323 g/mol. The summed E-state index contributed by atoms with van der Waals surface area (Å²) in [6, 6.07) is 4.01. The molecule has 2 unspecified atom stereocenters. The van der Waals surface area contributed by atoms with Crippen LogP contribution in [0.5, 0.6) is 0 Å². The number of hydrogen-bond donors (Lipinski definition) is 1. The topological polar surface area (TPSA) is 60.9 Å². The Morgan fingerprint density at radius 2 is 2.09 bits per heavy atom. The first-order valence-electron chi connectivity index (χ1n) is 7.70. The number of amides is 1. The number of anilines is 1. The fraction of sp³-hybridized carbons (Fsp3) is 0.500. The third kappa shape index (κ3) is 3.19. The summed E-state index contributed by atoms with van der Waals surface area (Å²) in [7, 11) is 0. The van der Waals surface area contributed by atoms with E-state index in [2.05, 4.69) is 0 Å². The van der Waals surface area contributed by atoms with Crippen molar-refractivity contribution in [3.05, 3.63) is 29.0 Å². The molecule has 2 heterocycles. The second-order valence-corrected chi connectivity index (χ2v) is 6.47. The zero-order valence-corrected chi connectivity index (χ0v) is 13.3. The third-order valence-corrected chi connectivity index (χ3v) is 4.94. The lowest BCUT2D eigenvalue weighted by Crippen LogP contribution is -2.48. The van der Waals surface area contributed by atoms with Crippen molar-refractivity contribution in [1.82, 2.24) is 4.90 Å². The smallest absolute Gasteiger partial charge is 0.307 e. The number of carbonyl (C=O) groups is 2. The number of piperidine rings is 1. The largest absolute Gasteiger partial charge is 0.481 e. The standard InChI is InChI=1S/C16H18ClFN2O3/c17-12-4-3-11(8-13(12)18)20-7-5-14(15(20)21)19-6-1-2-10(9-19)16(22)23/h3-4,8,10,14H,1-2,5-7,9H2,(H,22,23). The number of carboxylic acid groups (broad SMARTS) is 1. The van der Waals surface area contributed by atoms with Crippen molar-refractivity contribution < 1.29 is 19.1 Å². The van der Waals surface area contributed by atoms with Crippen molar-refractivity contribution in [2.45, 2.75) is 25.3 Å². The summed E-state index contributed by atoms with van der Waals surface area (Å²) in [5, 5.41) is 9.20. The molecule has 1 N–H and O–H groups in total. The fourth-order valence-electron chi connectivity index (χ4n) is 3.40. The number of benzene rings is 1. The van der Waals surface area contributed by atoms with E-state index in [1.165, 1.54) is 12.1 Å². The first-order chi connectivity index (χ1) is 11.0. The highest BCUT2D eigenvalue weighted by Crippen LogP contribution is 2.29. The van der Waals surface area contributed by atoms with E-state index in [-0.39, 0.29) is 17.0 Å². The van der Waals surface area contributed by atoms with Crippen LogP contribution >= 0.6 is 11.6 Å². The average molecular weight is 341 g/mol. The molecule has 0 aromatic heterocycles. The zero-order valence-electron chi connectivity index (χ0n) is 12.5. The first kappa shape index (κ1) is 16.2. The maximum atomic E-state index is 13.6. The summed E-state index contributed by atoms with van der Waals surface area (Å²) in [6.45, 7) is 1.62. The van der Waals surface area contributed by atoms with Crippen molar-refractivity contribution in [1.29, 1.82) is 0 Å². The Morgan fingerprint density at radius 1 is 1.30 bits per heavy atom. The van der Waals surface area contributed by atoms with E-state index in [9.17, 15) is 19.1 Å². The van der Waals surface area contributed by atoms with Crippen molar-refractivity contribution in [3.63, 3.8) is 0 Å². The van der Waals surface area contributed by atoms with E-state index in [0.29, 0.717) is 31.6 Å². The Morgan fingerprint density at radius 3 is 2.78 bits per heavy atom. The van der Waals surface area contributed by atoms with Crippen molar-refractivity contribution in [2.24, 2.45) is 5.92 Å². The molecule has 7 heteroatoms. The van der Waals surface area contributed by atoms with Gasteiger partial charge in [-0.15, -0.1) is 0 Å². The Kier molecular flexibility index (Phi) is 4.55. The summed E-state index contributed by atoms with van der Waals surface area (Å²) < 4.78 is 13.6. The second kappa shape index (κ2) is 6.45. The van der Waals surface area contributed by atoms with E-state index < -0.39 is 17.7 Å². The molecule has 1 amide bonds. The maximum Gasteiger partial charge on any atom is 0.307 e. The third-order valence-electron chi connectivity index (χ3n) is 4.63. The van der Waals surface area contributed by atoms with E-state index in [4.69, 9.17) is 11.6 Å². The van der Waals surface area contributed by atoms with Crippen LogP contribution in [0.1, 0.15) is 19.3 Å². The number of carboxylic acids is 1. The average Bonchev–Trinajstić information content (AvgIpc) is 2.92. The van der Waals surface area contributed by atoms with Crippen LogP contribution in [0.25, 0.3) is 0 Å². The van der Waals surface area contributed by atoms with E-state index in [1.54, 1.807) is 11.0 Å². The van der Waals surface area contributed by atoms with Crippen LogP contribution in [0.4, 0.5) is 10.1 Å². The maximum absolute atomic E-state index is 13.6. The van der Waals surface area contributed by atoms with Gasteiger partial charge in [0.05, 0.1) is 17.0 Å². The number of aliphatic carboxylic acids is 1. The molecule has 2 saturated heterocycles. The normalized spacial score (nSPS) is 25.8. The zero-order chi connectivity index (χ0) is 16.6. The van der Waals surface area contributed by atoms with Crippen molar-refractivity contribution in [3.8, 4) is 0 Å². The van der Waals surface area contributed by atoms with Gasteiger partial charge in [-0.25, -0.2) is 4.39 Å². The molecule has 0 aliphatic carbocycles. The Labute approximate surface area is 138 Å². The Balaban J connectivity index is 1.73. The lowest BCUT2D eigenvalue weighted by atomic mass is 9.96. The quantitative estimate of drug-likeness (QED) is 0.917. The number of rotatable bonds is 3. The highest BCUT2D eigenvalue weighted by molar-refractivity contribution is 6.30. The minimum atomic E-state index is -0.809. The van der Waals surface area contributed by atoms with Crippen LogP contribution in [-0.4, -0.2) is 47.6 Å². The van der Waals surface area contributed by atoms with Gasteiger partial charge in [0.2, 0.25) is 5.91 Å². The summed E-state index contributed by atoms with van der Waals surface area (Å²) in [5.74, 6) is -1.88. The van der Waals surface area contributed by atoms with Gasteiger partial charge < -0.3 is 10.0 Å². The number of nitrogens with zero attached hydrogens (tertiary/aromatic N) is 2. The first-order valence-corrected chi connectivity index (χ1v) is 8.08. The van der Waals surface area contributed by atoms with Crippen LogP contribution in [0.3, 0.4) is 0 Å². The van der Waals surface area contributed by atoms with Gasteiger partial charge >= 0.3 is 5.97 Å². The fourth-order valence-corrected chi connectivity index (χ4v) is 3.52. The molecule has 0 saturated carbocycles. The Bertz CT molecular complexity index is 640. The minimum Gasteiger partial charge on any atom is -0.481 e. The van der Waals surface area contributed by atoms with Gasteiger partial charge in [-0.1, -0.05) is 11.6 Å². The van der Waals surface area contributed by atoms with Gasteiger partial charge in [0.15, 0.2) is 0 Å². The van der Waals surface area contributed by atoms with Crippen LogP contribution in [-0.2, 0) is 9.59 Å². The molecule has 0 bridgehead atoms. The van der Waals surface area contributed by atoms with Crippen LogP contribution < -0.4 is 4.90 Å². The molecule has 2 aliphatic heterocycles. The lowest BCUT2D eigenvalue weighted by Gasteiger charge is -2.34. The highest BCUT2D eigenvalue weighted by Gasteiger charge is 2.39. The monoisotopic (exact) mass is 340 g/mol. The Hall–Kier alpha value is -1.66. The SMILES string of the molecule is O=C(O)C1CCCN(C2CCN(c3ccc(Cl)c(F)c3)C2=O)C1. The molecule has 124 valence electrons. The van der Waals surface area contributed by atoms with E-state index in [0.717, 1.165) is 13.0 Å². The summed E-state index contributed by atoms with van der Waals surface area (Å²) in [4.78, 5) is 27.3. The van der Waals surface area contributed by atoms with Crippen LogP contribution in [0.2, 0.25) is 5.02 Å². The lowest BCUT2D eigenvalue weighted by molar-refractivity contribution is -0.144. The van der Waals surface area contributed by atoms with Gasteiger partial charge in [0.25, 0.3) is 0 Å². The van der Waals surface area contributed by atoms with Gasteiger partial charge in [-0.2, -0.15) is 0 Å². The molecular formula is C16H18ClFN2O3. The van der Waals surface area contributed by atoms with Crippen molar-refractivity contribution >= 4 is 29.2 Å². The van der Waals surface area contributed by atoms with Crippen molar-refractivity contribution in [2.75, 3.05) is 24.5 Å². The number of likely N-dealkylation sites (tertiary alicyclic amines) is 1. The molecule has 3 rings (SSSR count). The molecule has 1 aromatic rings. The molecule has 2 fully saturated rings. The van der Waals surface area contributed by atoms with E-state index >= 15 is 0 Å². The van der Waals surface area contributed by atoms with Gasteiger partial charge in [-0.3, -0.25) is 14.5 Å². The minimum absolute atomic E-state index is 0.0253. The van der Waals surface area contributed by atoms with Crippen LogP contribution in [0, 0.1) is 11.7 Å². The molecule has 0 radical (unpaired) electrons. The van der Waals surface area contributed by atoms with Gasteiger partial charge in [0.1, 0.15) is 5.82 Å². The molecule has 0 spiro atoms. The predicted molar refractivity (Wildman–Crippen MR) is 84.1 cm³/mol. The summed E-state index contributed by atoms with van der Waals surface area (Å²) in [6.07, 6.45) is 2.05. The number of carbonyl (C=O) groups excluding carboxylic acids is 1. The number of halogens is 2. The number of hydrogen-bond acceptors (Lipinski definition) is 3. The summed E-state index contributed by atoms with van der Waals surface area (Å²) in [5.41, 5.74) is 0.492. The summed E-state index contributed by atoms with van der Waals surface area (Å²) >= 11 is 5.68. The van der Waals surface area contributed by atoms with E-state index in [1.807, 2.05) is 4.90 Å².